The monoisotopic (exact) mass is 389 g/mol. The summed E-state index contributed by atoms with van der Waals surface area (Å²) in [7, 11) is 0. The number of hydrogen-bond acceptors (Lipinski definition) is 4. The van der Waals surface area contributed by atoms with Gasteiger partial charge in [0.15, 0.2) is 0 Å². The third kappa shape index (κ3) is 7.71. The summed E-state index contributed by atoms with van der Waals surface area (Å²) >= 11 is 0. The average Bonchev–Trinajstić information content (AvgIpc) is 3.22. The summed E-state index contributed by atoms with van der Waals surface area (Å²) in [6.07, 6.45) is 12.0. The fraction of sp³-hybridized carbons (Fsp3) is 0.591. The minimum Gasteiger partial charge on any atom is -0.463 e. The van der Waals surface area contributed by atoms with Gasteiger partial charge in [0, 0.05) is 12.4 Å². The minimum absolute atomic E-state index is 0.114. The van der Waals surface area contributed by atoms with Crippen LogP contribution in [0.1, 0.15) is 60.3 Å². The average molecular weight is 390 g/mol. The van der Waals surface area contributed by atoms with Gasteiger partial charge in [-0.2, -0.15) is 0 Å². The molecule has 0 bridgehead atoms. The zero-order valence-corrected chi connectivity index (χ0v) is 18.0. The standard InChI is InChI=1S/C22H35N3O3/c1-7-21(4,5)11-9-18(3)10-12-22(6,8-2)19(26)28-16-14-24-20(27)25-15-13-23-17-25/h7,10,13,15,17H,1,8-9,11-12,14,16H2,2-6H3,(H,24,27). The number of imidazole rings is 1. The number of nitrogens with zero attached hydrogens (tertiary/aromatic N) is 2. The zero-order chi connectivity index (χ0) is 21.2. The van der Waals surface area contributed by atoms with Crippen LogP contribution in [0.25, 0.3) is 0 Å². The van der Waals surface area contributed by atoms with Crippen LogP contribution in [-0.2, 0) is 9.53 Å². The molecule has 28 heavy (non-hydrogen) atoms. The number of allylic oxidation sites excluding steroid dienone is 3. The molecule has 6 nitrogen and oxygen atoms in total. The van der Waals surface area contributed by atoms with E-state index in [0.717, 1.165) is 12.8 Å². The van der Waals surface area contributed by atoms with Crippen molar-refractivity contribution in [3.63, 3.8) is 0 Å². The van der Waals surface area contributed by atoms with Gasteiger partial charge < -0.3 is 10.1 Å². The van der Waals surface area contributed by atoms with E-state index in [1.165, 1.54) is 22.7 Å². The lowest BCUT2D eigenvalue weighted by atomic mass is 9.82. The Morgan fingerprint density at radius 2 is 2.04 bits per heavy atom. The van der Waals surface area contributed by atoms with Gasteiger partial charge in [0.2, 0.25) is 0 Å². The number of rotatable bonds is 11. The zero-order valence-electron chi connectivity index (χ0n) is 18.0. The maximum Gasteiger partial charge on any atom is 0.326 e. The molecule has 1 heterocycles. The van der Waals surface area contributed by atoms with E-state index in [1.54, 1.807) is 6.20 Å². The minimum atomic E-state index is -0.566. The molecule has 1 atom stereocenters. The number of aromatic nitrogens is 2. The Labute approximate surface area is 169 Å². The summed E-state index contributed by atoms with van der Waals surface area (Å²) in [6, 6.07) is -0.298. The Balaban J connectivity index is 2.45. The second-order valence-electron chi connectivity index (χ2n) is 8.20. The number of nitrogens with one attached hydrogen (secondary N) is 1. The number of carbonyl (C=O) groups excluding carboxylic acids is 2. The van der Waals surface area contributed by atoms with E-state index in [1.807, 2.05) is 19.9 Å². The van der Waals surface area contributed by atoms with Gasteiger partial charge in [-0.25, -0.2) is 9.78 Å². The largest absolute Gasteiger partial charge is 0.463 e. The SMILES string of the molecule is C=CC(C)(C)CCC(C)=CCC(C)(CC)C(=O)OCCNC(=O)n1ccnc1. The third-order valence-corrected chi connectivity index (χ3v) is 5.24. The lowest BCUT2D eigenvalue weighted by molar-refractivity contribution is -0.154. The van der Waals surface area contributed by atoms with E-state index in [-0.39, 0.29) is 30.6 Å². The second kappa shape index (κ2) is 10.8. The summed E-state index contributed by atoms with van der Waals surface area (Å²) in [4.78, 5) is 28.2. The Morgan fingerprint density at radius 3 is 2.61 bits per heavy atom. The van der Waals surface area contributed by atoms with Gasteiger partial charge in [-0.1, -0.05) is 38.5 Å². The molecule has 1 aromatic heterocycles. The highest BCUT2D eigenvalue weighted by atomic mass is 16.5. The molecule has 0 radical (unpaired) electrons. The first-order chi connectivity index (χ1) is 13.1. The van der Waals surface area contributed by atoms with Gasteiger partial charge in [-0.3, -0.25) is 9.36 Å². The number of amides is 1. The van der Waals surface area contributed by atoms with Crippen molar-refractivity contribution in [1.82, 2.24) is 14.9 Å². The van der Waals surface area contributed by atoms with Crippen LogP contribution in [0.5, 0.6) is 0 Å². The molecule has 0 spiro atoms. The summed E-state index contributed by atoms with van der Waals surface area (Å²) in [5.74, 6) is -0.234. The van der Waals surface area contributed by atoms with Crippen molar-refractivity contribution in [1.29, 1.82) is 0 Å². The van der Waals surface area contributed by atoms with Crippen molar-refractivity contribution in [3.8, 4) is 0 Å². The van der Waals surface area contributed by atoms with Gasteiger partial charge in [-0.05, 0) is 44.9 Å². The quantitative estimate of drug-likeness (QED) is 0.337. The van der Waals surface area contributed by atoms with Crippen molar-refractivity contribution in [3.05, 3.63) is 43.0 Å². The first kappa shape index (κ1) is 23.7. The van der Waals surface area contributed by atoms with Crippen LogP contribution in [0, 0.1) is 10.8 Å². The van der Waals surface area contributed by atoms with Gasteiger partial charge in [0.1, 0.15) is 12.9 Å². The highest BCUT2D eigenvalue weighted by Crippen LogP contribution is 2.30. The molecule has 0 aliphatic rings. The molecule has 1 unspecified atom stereocenters. The predicted octanol–water partition coefficient (Wildman–Crippen LogP) is 4.73. The number of carbonyl (C=O) groups is 2. The lowest BCUT2D eigenvalue weighted by Gasteiger charge is -2.25. The number of ether oxygens (including phenoxy) is 1. The molecule has 0 saturated heterocycles. The molecule has 0 aliphatic heterocycles. The summed E-state index contributed by atoms with van der Waals surface area (Å²) in [5.41, 5.74) is 0.822. The first-order valence-electron chi connectivity index (χ1n) is 9.86. The van der Waals surface area contributed by atoms with Crippen LogP contribution in [-0.4, -0.2) is 34.7 Å². The van der Waals surface area contributed by atoms with E-state index < -0.39 is 5.41 Å². The van der Waals surface area contributed by atoms with Crippen LogP contribution in [0.3, 0.4) is 0 Å². The normalized spacial score (nSPS) is 14.2. The maximum atomic E-state index is 12.6. The third-order valence-electron chi connectivity index (χ3n) is 5.24. The fourth-order valence-electron chi connectivity index (χ4n) is 2.44. The van der Waals surface area contributed by atoms with Gasteiger partial charge in [0.05, 0.1) is 12.0 Å². The second-order valence-corrected chi connectivity index (χ2v) is 8.20. The Hall–Kier alpha value is -2.37. The summed E-state index contributed by atoms with van der Waals surface area (Å²) < 4.78 is 6.74. The van der Waals surface area contributed by atoms with Crippen LogP contribution in [0.15, 0.2) is 43.0 Å². The molecule has 0 aromatic carbocycles. The summed E-state index contributed by atoms with van der Waals surface area (Å²) in [5, 5.41) is 2.68. The summed E-state index contributed by atoms with van der Waals surface area (Å²) in [6.45, 7) is 14.7. The van der Waals surface area contributed by atoms with E-state index in [4.69, 9.17) is 4.74 Å². The topological polar surface area (TPSA) is 73.2 Å². The van der Waals surface area contributed by atoms with E-state index >= 15 is 0 Å². The smallest absolute Gasteiger partial charge is 0.326 e. The first-order valence-corrected chi connectivity index (χ1v) is 9.86. The van der Waals surface area contributed by atoms with Gasteiger partial charge >= 0.3 is 12.0 Å². The molecule has 0 fully saturated rings. The Kier molecular flexibility index (Phi) is 9.16. The molecule has 0 saturated carbocycles. The molecule has 6 heteroatoms. The molecule has 156 valence electrons. The van der Waals surface area contributed by atoms with Crippen molar-refractivity contribution in [2.45, 2.75) is 60.3 Å². The molecular weight excluding hydrogens is 354 g/mol. The van der Waals surface area contributed by atoms with Crippen LogP contribution < -0.4 is 5.32 Å². The molecular formula is C22H35N3O3. The fourth-order valence-corrected chi connectivity index (χ4v) is 2.44. The highest BCUT2D eigenvalue weighted by Gasteiger charge is 2.32. The van der Waals surface area contributed by atoms with Crippen LogP contribution in [0.2, 0.25) is 0 Å². The molecule has 1 rings (SSSR count). The van der Waals surface area contributed by atoms with Crippen LogP contribution >= 0.6 is 0 Å². The Bertz CT molecular complexity index is 677. The van der Waals surface area contributed by atoms with Crippen molar-refractivity contribution in [2.75, 3.05) is 13.2 Å². The molecule has 1 aromatic rings. The van der Waals surface area contributed by atoms with Crippen molar-refractivity contribution < 1.29 is 14.3 Å². The van der Waals surface area contributed by atoms with Crippen molar-refractivity contribution in [2.24, 2.45) is 10.8 Å². The van der Waals surface area contributed by atoms with E-state index in [0.29, 0.717) is 12.8 Å². The molecule has 1 N–H and O–H groups in total. The van der Waals surface area contributed by atoms with Gasteiger partial charge in [-0.15, -0.1) is 6.58 Å². The van der Waals surface area contributed by atoms with E-state index in [9.17, 15) is 9.59 Å². The van der Waals surface area contributed by atoms with E-state index in [2.05, 4.69) is 43.7 Å². The maximum absolute atomic E-state index is 12.6. The van der Waals surface area contributed by atoms with Crippen LogP contribution in [0.4, 0.5) is 4.79 Å². The highest BCUT2D eigenvalue weighted by molar-refractivity contribution is 5.77. The number of hydrogen-bond donors (Lipinski definition) is 1. The lowest BCUT2D eigenvalue weighted by Crippen LogP contribution is -2.34. The molecule has 0 aliphatic carbocycles. The Morgan fingerprint density at radius 1 is 1.32 bits per heavy atom. The predicted molar refractivity (Wildman–Crippen MR) is 112 cm³/mol. The van der Waals surface area contributed by atoms with Crippen molar-refractivity contribution >= 4 is 12.0 Å². The molecule has 1 amide bonds. The van der Waals surface area contributed by atoms with Gasteiger partial charge in [0.25, 0.3) is 0 Å². The number of esters is 1.